The number of benzene rings is 2. The summed E-state index contributed by atoms with van der Waals surface area (Å²) in [4.78, 5) is 11.7. The number of nitrogens with two attached hydrogens (primary N) is 1. The Balaban J connectivity index is 1.84. The number of carbonyl (C=O) groups excluding carboxylic acids is 1. The van der Waals surface area contributed by atoms with E-state index in [1.54, 1.807) is 24.3 Å². The van der Waals surface area contributed by atoms with Crippen molar-refractivity contribution in [3.63, 3.8) is 0 Å². The van der Waals surface area contributed by atoms with Crippen LogP contribution >= 0.6 is 22.6 Å². The predicted molar refractivity (Wildman–Crippen MR) is 84.1 cm³/mol. The molecule has 0 aliphatic heterocycles. The zero-order valence-corrected chi connectivity index (χ0v) is 12.3. The van der Waals surface area contributed by atoms with Crippen molar-refractivity contribution in [2.24, 2.45) is 0 Å². The second-order valence-corrected chi connectivity index (χ2v) is 5.16. The highest BCUT2D eigenvalue weighted by molar-refractivity contribution is 14.1. The first-order valence-electron chi connectivity index (χ1n) is 5.67. The predicted octanol–water partition coefficient (Wildman–Crippen LogP) is 2.89. The number of hydrogen-bond donors (Lipinski definition) is 2. The third-order valence-corrected chi connectivity index (χ3v) is 3.10. The van der Waals surface area contributed by atoms with Gasteiger partial charge in [-0.1, -0.05) is 0 Å². The summed E-state index contributed by atoms with van der Waals surface area (Å²) in [6.45, 7) is -0.0318. The summed E-state index contributed by atoms with van der Waals surface area (Å²) in [6.07, 6.45) is 0. The van der Waals surface area contributed by atoms with Gasteiger partial charge in [0.2, 0.25) is 0 Å². The molecule has 2 aromatic rings. The molecular formula is C14H13IN2O2. The van der Waals surface area contributed by atoms with Crippen molar-refractivity contribution in [1.82, 2.24) is 0 Å². The van der Waals surface area contributed by atoms with E-state index in [9.17, 15) is 4.79 Å². The Labute approximate surface area is 125 Å². The van der Waals surface area contributed by atoms with Gasteiger partial charge in [0.25, 0.3) is 5.91 Å². The summed E-state index contributed by atoms with van der Waals surface area (Å²) in [5, 5.41) is 2.76. The fourth-order valence-corrected chi connectivity index (χ4v) is 1.80. The minimum atomic E-state index is -0.196. The second kappa shape index (κ2) is 6.42. The molecule has 5 heteroatoms. The highest BCUT2D eigenvalue weighted by Crippen LogP contribution is 2.14. The Bertz CT molecular complexity index is 553. The largest absolute Gasteiger partial charge is 0.484 e. The molecule has 0 saturated heterocycles. The van der Waals surface area contributed by atoms with E-state index >= 15 is 0 Å². The molecule has 1 amide bonds. The Morgan fingerprint density at radius 1 is 1.11 bits per heavy atom. The molecule has 0 saturated carbocycles. The average Bonchev–Trinajstić information content (AvgIpc) is 2.41. The molecule has 19 heavy (non-hydrogen) atoms. The lowest BCUT2D eigenvalue weighted by Crippen LogP contribution is -2.20. The van der Waals surface area contributed by atoms with E-state index in [2.05, 4.69) is 27.9 Å². The number of anilines is 2. The number of halogens is 1. The molecule has 0 aromatic heterocycles. The molecule has 4 nitrogen and oxygen atoms in total. The van der Waals surface area contributed by atoms with Crippen LogP contribution < -0.4 is 15.8 Å². The average molecular weight is 368 g/mol. The normalized spacial score (nSPS) is 9.95. The van der Waals surface area contributed by atoms with Crippen LogP contribution in [0.25, 0.3) is 0 Å². The fraction of sp³-hybridized carbons (Fsp3) is 0.0714. The van der Waals surface area contributed by atoms with Crippen LogP contribution in [0.4, 0.5) is 11.4 Å². The second-order valence-electron chi connectivity index (χ2n) is 3.91. The van der Waals surface area contributed by atoms with Crippen LogP contribution in [0.3, 0.4) is 0 Å². The van der Waals surface area contributed by atoms with Crippen LogP contribution in [0.5, 0.6) is 5.75 Å². The van der Waals surface area contributed by atoms with Crippen molar-refractivity contribution in [3.05, 3.63) is 52.1 Å². The number of ether oxygens (including phenoxy) is 1. The molecule has 0 bridgehead atoms. The van der Waals surface area contributed by atoms with E-state index in [1.807, 2.05) is 24.3 Å². The minimum absolute atomic E-state index is 0.0318. The first-order valence-corrected chi connectivity index (χ1v) is 6.75. The molecule has 0 aliphatic carbocycles. The maximum atomic E-state index is 11.7. The quantitative estimate of drug-likeness (QED) is 0.645. The SMILES string of the molecule is Nc1ccc(OCC(=O)Nc2ccc(I)cc2)cc1. The fourth-order valence-electron chi connectivity index (χ4n) is 1.44. The van der Waals surface area contributed by atoms with Crippen LogP contribution in [0.15, 0.2) is 48.5 Å². The smallest absolute Gasteiger partial charge is 0.262 e. The third kappa shape index (κ3) is 4.44. The van der Waals surface area contributed by atoms with Crippen molar-refractivity contribution in [3.8, 4) is 5.75 Å². The molecule has 0 spiro atoms. The highest BCUT2D eigenvalue weighted by Gasteiger charge is 2.03. The molecular weight excluding hydrogens is 355 g/mol. The molecule has 2 aromatic carbocycles. The highest BCUT2D eigenvalue weighted by atomic mass is 127. The third-order valence-electron chi connectivity index (χ3n) is 2.38. The summed E-state index contributed by atoms with van der Waals surface area (Å²) < 4.78 is 6.47. The number of hydrogen-bond acceptors (Lipinski definition) is 3. The molecule has 98 valence electrons. The Hall–Kier alpha value is -1.76. The van der Waals surface area contributed by atoms with Gasteiger partial charge in [-0.05, 0) is 71.1 Å². The standard InChI is InChI=1S/C14H13IN2O2/c15-10-1-5-12(6-2-10)17-14(18)9-19-13-7-3-11(16)4-8-13/h1-8H,9,16H2,(H,17,18). The van der Waals surface area contributed by atoms with Crippen LogP contribution in [-0.2, 0) is 4.79 Å². The van der Waals surface area contributed by atoms with E-state index in [0.717, 1.165) is 9.26 Å². The van der Waals surface area contributed by atoms with Gasteiger partial charge in [-0.15, -0.1) is 0 Å². The minimum Gasteiger partial charge on any atom is -0.484 e. The van der Waals surface area contributed by atoms with Gasteiger partial charge in [-0.3, -0.25) is 4.79 Å². The molecule has 0 fully saturated rings. The summed E-state index contributed by atoms with van der Waals surface area (Å²) in [6, 6.07) is 14.5. The van der Waals surface area contributed by atoms with E-state index in [4.69, 9.17) is 10.5 Å². The summed E-state index contributed by atoms with van der Waals surface area (Å²) in [7, 11) is 0. The zero-order valence-electron chi connectivity index (χ0n) is 10.1. The zero-order chi connectivity index (χ0) is 13.7. The number of nitrogens with one attached hydrogen (secondary N) is 1. The van der Waals surface area contributed by atoms with Gasteiger partial charge >= 0.3 is 0 Å². The lowest BCUT2D eigenvalue weighted by atomic mass is 10.3. The van der Waals surface area contributed by atoms with Crippen molar-refractivity contribution in [2.75, 3.05) is 17.7 Å². The molecule has 2 rings (SSSR count). The summed E-state index contributed by atoms with van der Waals surface area (Å²) >= 11 is 2.21. The van der Waals surface area contributed by atoms with Crippen molar-refractivity contribution in [1.29, 1.82) is 0 Å². The van der Waals surface area contributed by atoms with Crippen LogP contribution in [-0.4, -0.2) is 12.5 Å². The van der Waals surface area contributed by atoms with Gasteiger partial charge < -0.3 is 15.8 Å². The van der Waals surface area contributed by atoms with E-state index < -0.39 is 0 Å². The molecule has 3 N–H and O–H groups in total. The van der Waals surface area contributed by atoms with Gasteiger partial charge in [0.05, 0.1) is 0 Å². The van der Waals surface area contributed by atoms with Gasteiger partial charge in [0.15, 0.2) is 6.61 Å². The maximum Gasteiger partial charge on any atom is 0.262 e. The number of nitrogen functional groups attached to an aromatic ring is 1. The van der Waals surface area contributed by atoms with E-state index in [0.29, 0.717) is 11.4 Å². The van der Waals surface area contributed by atoms with Crippen LogP contribution in [0.1, 0.15) is 0 Å². The molecule has 0 radical (unpaired) electrons. The van der Waals surface area contributed by atoms with Crippen molar-refractivity contribution < 1.29 is 9.53 Å². The first-order chi connectivity index (χ1) is 9.13. The van der Waals surface area contributed by atoms with Gasteiger partial charge in [-0.2, -0.15) is 0 Å². The van der Waals surface area contributed by atoms with Gasteiger partial charge in [-0.25, -0.2) is 0 Å². The monoisotopic (exact) mass is 368 g/mol. The number of rotatable bonds is 4. The molecule has 0 unspecified atom stereocenters. The molecule has 0 atom stereocenters. The molecule has 0 heterocycles. The first kappa shape index (κ1) is 13.7. The van der Waals surface area contributed by atoms with Crippen LogP contribution in [0, 0.1) is 3.57 Å². The lowest BCUT2D eigenvalue weighted by molar-refractivity contribution is -0.118. The van der Waals surface area contributed by atoms with Gasteiger partial charge in [0.1, 0.15) is 5.75 Å². The van der Waals surface area contributed by atoms with Crippen LogP contribution in [0.2, 0.25) is 0 Å². The maximum absolute atomic E-state index is 11.7. The lowest BCUT2D eigenvalue weighted by Gasteiger charge is -2.07. The number of amides is 1. The Morgan fingerprint density at radius 2 is 1.74 bits per heavy atom. The van der Waals surface area contributed by atoms with Crippen molar-refractivity contribution >= 4 is 39.9 Å². The van der Waals surface area contributed by atoms with E-state index in [-0.39, 0.29) is 12.5 Å². The Kier molecular flexibility index (Phi) is 4.62. The van der Waals surface area contributed by atoms with E-state index in [1.165, 1.54) is 0 Å². The topological polar surface area (TPSA) is 64.3 Å². The number of carbonyl (C=O) groups is 1. The molecule has 0 aliphatic rings. The summed E-state index contributed by atoms with van der Waals surface area (Å²) in [5.41, 5.74) is 6.98. The van der Waals surface area contributed by atoms with Crippen molar-refractivity contribution in [2.45, 2.75) is 0 Å². The Morgan fingerprint density at radius 3 is 2.37 bits per heavy atom. The van der Waals surface area contributed by atoms with Gasteiger partial charge in [0, 0.05) is 14.9 Å². The summed E-state index contributed by atoms with van der Waals surface area (Å²) in [5.74, 6) is 0.421.